The van der Waals surface area contributed by atoms with Gasteiger partial charge in [-0.05, 0) is 35.4 Å². The van der Waals surface area contributed by atoms with Gasteiger partial charge < -0.3 is 14.8 Å². The number of carbonyl (C=O) groups is 2. The van der Waals surface area contributed by atoms with Crippen LogP contribution in [-0.4, -0.2) is 38.0 Å². The number of carboxylic acid groups (broad SMARTS) is 2. The quantitative estimate of drug-likeness (QED) is 0.467. The average Bonchev–Trinajstić information content (AvgIpc) is 3.10. The van der Waals surface area contributed by atoms with Gasteiger partial charge in [0, 0.05) is 13.0 Å². The molecular weight excluding hydrogens is 400 g/mol. The van der Waals surface area contributed by atoms with Crippen molar-refractivity contribution in [1.82, 2.24) is 9.55 Å². The molecule has 0 aliphatic heterocycles. The number of rotatable bonds is 9. The lowest BCUT2D eigenvalue weighted by molar-refractivity contribution is 0.0675. The molecule has 2 aromatic carbocycles. The molecule has 0 unspecified atom stereocenters. The van der Waals surface area contributed by atoms with Crippen LogP contribution in [0.15, 0.2) is 53.6 Å². The number of hydrogen-bond acceptors (Lipinski definition) is 4. The van der Waals surface area contributed by atoms with E-state index in [1.54, 1.807) is 22.8 Å². The first-order chi connectivity index (χ1) is 14.5. The minimum Gasteiger partial charge on any atom is -0.478 e. The fourth-order valence-electron chi connectivity index (χ4n) is 3.41. The SMILES string of the molecule is CCCCc1nc(SC)c(C(=O)O)n1Cc1ccc(-c2ccccc2C(=O)O)cc1. The fraction of sp³-hybridized carbons (Fsp3) is 0.261. The van der Waals surface area contributed by atoms with Gasteiger partial charge in [0.1, 0.15) is 10.9 Å². The Bertz CT molecular complexity index is 1060. The molecule has 0 aliphatic rings. The number of thioether (sulfide) groups is 1. The van der Waals surface area contributed by atoms with E-state index in [4.69, 9.17) is 0 Å². The Morgan fingerprint density at radius 2 is 1.73 bits per heavy atom. The Hall–Kier alpha value is -3.06. The summed E-state index contributed by atoms with van der Waals surface area (Å²) in [5, 5.41) is 19.7. The fourth-order valence-corrected chi connectivity index (χ4v) is 4.00. The summed E-state index contributed by atoms with van der Waals surface area (Å²) in [5.41, 5.74) is 2.85. The summed E-state index contributed by atoms with van der Waals surface area (Å²) in [6.45, 7) is 2.49. The second kappa shape index (κ2) is 9.63. The zero-order valence-corrected chi connectivity index (χ0v) is 17.8. The highest BCUT2D eigenvalue weighted by molar-refractivity contribution is 7.98. The van der Waals surface area contributed by atoms with Crippen molar-refractivity contribution in [3.05, 3.63) is 71.2 Å². The van der Waals surface area contributed by atoms with Crippen molar-refractivity contribution in [2.24, 2.45) is 0 Å². The highest BCUT2D eigenvalue weighted by Crippen LogP contribution is 2.26. The summed E-state index contributed by atoms with van der Waals surface area (Å²) in [4.78, 5) is 27.9. The molecule has 6 nitrogen and oxygen atoms in total. The molecule has 7 heteroatoms. The Balaban J connectivity index is 1.95. The first-order valence-corrected chi connectivity index (χ1v) is 11.0. The maximum atomic E-state index is 11.9. The topological polar surface area (TPSA) is 92.4 Å². The van der Waals surface area contributed by atoms with Crippen molar-refractivity contribution >= 4 is 23.7 Å². The molecule has 0 saturated heterocycles. The number of aryl methyl sites for hydroxylation is 1. The second-order valence-corrected chi connectivity index (χ2v) is 7.72. The molecule has 0 saturated carbocycles. The van der Waals surface area contributed by atoms with Gasteiger partial charge in [-0.2, -0.15) is 0 Å². The van der Waals surface area contributed by atoms with Crippen LogP contribution in [0.1, 0.15) is 52.0 Å². The number of carboxylic acids is 2. The van der Waals surface area contributed by atoms with Gasteiger partial charge in [-0.3, -0.25) is 0 Å². The van der Waals surface area contributed by atoms with Gasteiger partial charge in [0.15, 0.2) is 5.69 Å². The summed E-state index contributed by atoms with van der Waals surface area (Å²) in [7, 11) is 0. The van der Waals surface area contributed by atoms with E-state index in [-0.39, 0.29) is 11.3 Å². The van der Waals surface area contributed by atoms with Crippen LogP contribution >= 0.6 is 11.8 Å². The Kier molecular flexibility index (Phi) is 6.95. The van der Waals surface area contributed by atoms with Crippen LogP contribution in [0.25, 0.3) is 11.1 Å². The summed E-state index contributed by atoms with van der Waals surface area (Å²) >= 11 is 1.34. The zero-order valence-electron chi connectivity index (χ0n) is 17.0. The minimum atomic E-state index is -0.985. The molecule has 0 spiro atoms. The molecule has 0 radical (unpaired) electrons. The van der Waals surface area contributed by atoms with Crippen LogP contribution in [0.2, 0.25) is 0 Å². The number of hydrogen-bond donors (Lipinski definition) is 2. The highest BCUT2D eigenvalue weighted by Gasteiger charge is 2.22. The van der Waals surface area contributed by atoms with Gasteiger partial charge in [0.2, 0.25) is 0 Å². The number of aromatic nitrogens is 2. The Labute approximate surface area is 179 Å². The molecule has 1 heterocycles. The van der Waals surface area contributed by atoms with Gasteiger partial charge in [0.05, 0.1) is 5.56 Å². The standard InChI is InChI=1S/C23H24N2O4S/c1-3-4-9-19-24-21(30-2)20(23(28)29)25(19)14-15-10-12-16(13-11-15)17-7-5-6-8-18(17)22(26)27/h5-8,10-13H,3-4,9,14H2,1-2H3,(H,26,27)(H,28,29). The molecule has 2 N–H and O–H groups in total. The van der Waals surface area contributed by atoms with Gasteiger partial charge in [-0.1, -0.05) is 55.8 Å². The van der Waals surface area contributed by atoms with Crippen molar-refractivity contribution in [3.63, 3.8) is 0 Å². The lowest BCUT2D eigenvalue weighted by Crippen LogP contribution is -2.13. The third-order valence-electron chi connectivity index (χ3n) is 4.93. The third kappa shape index (κ3) is 4.57. The lowest BCUT2D eigenvalue weighted by Gasteiger charge is -2.12. The van der Waals surface area contributed by atoms with Crippen LogP contribution in [0.3, 0.4) is 0 Å². The number of aromatic carboxylic acids is 2. The Morgan fingerprint density at radius 3 is 2.33 bits per heavy atom. The van der Waals surface area contributed by atoms with Crippen LogP contribution in [-0.2, 0) is 13.0 Å². The van der Waals surface area contributed by atoms with Gasteiger partial charge in [0.25, 0.3) is 0 Å². The maximum Gasteiger partial charge on any atom is 0.355 e. The third-order valence-corrected chi connectivity index (χ3v) is 5.60. The van der Waals surface area contributed by atoms with E-state index in [2.05, 4.69) is 11.9 Å². The van der Waals surface area contributed by atoms with E-state index in [9.17, 15) is 19.8 Å². The zero-order chi connectivity index (χ0) is 21.7. The summed E-state index contributed by atoms with van der Waals surface area (Å²) in [6, 6.07) is 14.4. The predicted octanol–water partition coefficient (Wildman–Crippen LogP) is 5.06. The van der Waals surface area contributed by atoms with Crippen LogP contribution in [0, 0.1) is 0 Å². The number of unbranched alkanes of at least 4 members (excludes halogenated alkanes) is 1. The molecule has 156 valence electrons. The van der Waals surface area contributed by atoms with E-state index in [1.165, 1.54) is 11.8 Å². The molecule has 0 fully saturated rings. The summed E-state index contributed by atoms with van der Waals surface area (Å²) in [5.74, 6) is -1.18. The first kappa shape index (κ1) is 21.6. The maximum absolute atomic E-state index is 11.9. The molecule has 3 rings (SSSR count). The monoisotopic (exact) mass is 424 g/mol. The minimum absolute atomic E-state index is 0.217. The largest absolute Gasteiger partial charge is 0.478 e. The first-order valence-electron chi connectivity index (χ1n) is 9.74. The smallest absolute Gasteiger partial charge is 0.355 e. The lowest BCUT2D eigenvalue weighted by atomic mass is 9.99. The second-order valence-electron chi connectivity index (χ2n) is 6.93. The van der Waals surface area contributed by atoms with Crippen LogP contribution < -0.4 is 0 Å². The number of nitrogens with zero attached hydrogens (tertiary/aromatic N) is 2. The summed E-state index contributed by atoms with van der Waals surface area (Å²) in [6.07, 6.45) is 4.50. The summed E-state index contributed by atoms with van der Waals surface area (Å²) < 4.78 is 1.78. The molecular formula is C23H24N2O4S. The number of imidazole rings is 1. The van der Waals surface area contributed by atoms with E-state index in [0.717, 1.165) is 36.2 Å². The molecule has 0 bridgehead atoms. The van der Waals surface area contributed by atoms with Gasteiger partial charge >= 0.3 is 11.9 Å². The molecule has 30 heavy (non-hydrogen) atoms. The van der Waals surface area contributed by atoms with Gasteiger partial charge in [-0.15, -0.1) is 11.8 Å². The molecule has 0 atom stereocenters. The van der Waals surface area contributed by atoms with Crippen molar-refractivity contribution in [1.29, 1.82) is 0 Å². The van der Waals surface area contributed by atoms with Crippen molar-refractivity contribution < 1.29 is 19.8 Å². The van der Waals surface area contributed by atoms with Crippen molar-refractivity contribution in [2.45, 2.75) is 37.8 Å². The van der Waals surface area contributed by atoms with E-state index in [1.807, 2.05) is 36.6 Å². The molecule has 1 aromatic heterocycles. The van der Waals surface area contributed by atoms with Gasteiger partial charge in [-0.25, -0.2) is 14.6 Å². The van der Waals surface area contributed by atoms with Crippen molar-refractivity contribution in [3.8, 4) is 11.1 Å². The molecule has 0 aliphatic carbocycles. The Morgan fingerprint density at radius 1 is 1.03 bits per heavy atom. The highest BCUT2D eigenvalue weighted by atomic mass is 32.2. The van der Waals surface area contributed by atoms with Crippen LogP contribution in [0.4, 0.5) is 0 Å². The van der Waals surface area contributed by atoms with E-state index in [0.29, 0.717) is 17.1 Å². The normalized spacial score (nSPS) is 10.9. The average molecular weight is 425 g/mol. The van der Waals surface area contributed by atoms with Crippen LogP contribution in [0.5, 0.6) is 0 Å². The molecule has 3 aromatic rings. The van der Waals surface area contributed by atoms with E-state index >= 15 is 0 Å². The van der Waals surface area contributed by atoms with Crippen molar-refractivity contribution in [2.75, 3.05) is 6.26 Å². The van der Waals surface area contributed by atoms with E-state index < -0.39 is 11.9 Å². The molecule has 0 amide bonds. The predicted molar refractivity (Wildman–Crippen MR) is 118 cm³/mol. The number of benzene rings is 2.